The smallest absolute Gasteiger partial charge is 0.381 e. The number of nitrogens with zero attached hydrogens (tertiary/aromatic N) is 3. The van der Waals surface area contributed by atoms with Gasteiger partial charge in [0.05, 0.1) is 6.42 Å². The van der Waals surface area contributed by atoms with Crippen LogP contribution >= 0.6 is 0 Å². The van der Waals surface area contributed by atoms with Crippen molar-refractivity contribution in [1.29, 1.82) is 0 Å². The second-order valence-electron chi connectivity index (χ2n) is 5.70. The van der Waals surface area contributed by atoms with Gasteiger partial charge in [-0.1, -0.05) is 12.2 Å². The number of hydrogen-bond donors (Lipinski definition) is 0. The van der Waals surface area contributed by atoms with Crippen molar-refractivity contribution >= 4 is 17.8 Å². The molecule has 1 saturated heterocycles. The lowest BCUT2D eigenvalue weighted by molar-refractivity contribution is -0.388. The first-order valence-corrected chi connectivity index (χ1v) is 7.59. The zero-order valence-corrected chi connectivity index (χ0v) is 13.2. The first-order valence-electron chi connectivity index (χ1n) is 7.59. The molecule has 0 spiro atoms. The lowest BCUT2D eigenvalue weighted by Crippen LogP contribution is -2.41. The molecule has 1 fully saturated rings. The van der Waals surface area contributed by atoms with Crippen LogP contribution in [0.1, 0.15) is 25.5 Å². The lowest BCUT2D eigenvalue weighted by Gasteiger charge is -2.35. The highest BCUT2D eigenvalue weighted by Gasteiger charge is 2.28. The fourth-order valence-corrected chi connectivity index (χ4v) is 2.74. The molecule has 1 aliphatic heterocycles. The highest BCUT2D eigenvalue weighted by atomic mass is 16.6. The monoisotopic (exact) mass is 319 g/mol. The Morgan fingerprint density at radius 3 is 2.78 bits per heavy atom. The topological polar surface area (TPSA) is 85.6 Å². The third-order valence-corrected chi connectivity index (χ3v) is 3.76. The van der Waals surface area contributed by atoms with Crippen LogP contribution in [-0.4, -0.2) is 42.0 Å². The molecule has 23 heavy (non-hydrogen) atoms. The van der Waals surface area contributed by atoms with E-state index in [1.165, 1.54) is 0 Å². The summed E-state index contributed by atoms with van der Waals surface area (Å²) in [5.41, 5.74) is 1.79. The Morgan fingerprint density at radius 1 is 1.52 bits per heavy atom. The lowest BCUT2D eigenvalue weighted by atomic mass is 10.0. The van der Waals surface area contributed by atoms with E-state index in [4.69, 9.17) is 4.74 Å². The van der Waals surface area contributed by atoms with E-state index in [1.54, 1.807) is 12.1 Å². The van der Waals surface area contributed by atoms with E-state index in [2.05, 4.69) is 11.6 Å². The minimum atomic E-state index is -0.492. The fraction of sp³-hybridized carbons (Fsp3) is 0.500. The summed E-state index contributed by atoms with van der Waals surface area (Å²) in [6.07, 6.45) is 2.37. The van der Waals surface area contributed by atoms with Crippen molar-refractivity contribution in [3.63, 3.8) is 0 Å². The van der Waals surface area contributed by atoms with Crippen LogP contribution in [0.25, 0.3) is 0 Å². The van der Waals surface area contributed by atoms with Gasteiger partial charge in [-0.25, -0.2) is 0 Å². The van der Waals surface area contributed by atoms with E-state index in [1.807, 2.05) is 11.8 Å². The number of carbonyl (C=O) groups excluding carboxylic acids is 1. The summed E-state index contributed by atoms with van der Waals surface area (Å²) in [6, 6.07) is 3.50. The number of rotatable bonds is 7. The number of hydrogen-bond acceptors (Lipinski definition) is 6. The van der Waals surface area contributed by atoms with Crippen molar-refractivity contribution in [2.24, 2.45) is 0 Å². The number of aldehydes is 1. The SMILES string of the molecule is C=C(C)CN(c1ccc(CC=O)nc1[N+](=O)[O-])C1CCOCC1. The Labute approximate surface area is 135 Å². The molecule has 7 heteroatoms. The van der Waals surface area contributed by atoms with E-state index >= 15 is 0 Å². The van der Waals surface area contributed by atoms with Gasteiger partial charge in [-0.2, -0.15) is 0 Å². The predicted octanol–water partition coefficient (Wildman–Crippen LogP) is 2.29. The molecule has 0 aliphatic carbocycles. The quantitative estimate of drug-likeness (QED) is 0.332. The molecular weight excluding hydrogens is 298 g/mol. The number of carbonyl (C=O) groups is 1. The van der Waals surface area contributed by atoms with E-state index in [9.17, 15) is 14.9 Å². The maximum absolute atomic E-state index is 11.4. The van der Waals surface area contributed by atoms with Crippen LogP contribution in [0.5, 0.6) is 0 Å². The fourth-order valence-electron chi connectivity index (χ4n) is 2.74. The first-order chi connectivity index (χ1) is 11.0. The number of aromatic nitrogens is 1. The van der Waals surface area contributed by atoms with Crippen molar-refractivity contribution in [2.45, 2.75) is 32.2 Å². The number of nitro groups is 1. The summed E-state index contributed by atoms with van der Waals surface area (Å²) in [4.78, 5) is 27.6. The average molecular weight is 319 g/mol. The van der Waals surface area contributed by atoms with Gasteiger partial charge < -0.3 is 24.5 Å². The zero-order chi connectivity index (χ0) is 16.8. The van der Waals surface area contributed by atoms with Crippen LogP contribution in [0, 0.1) is 10.1 Å². The van der Waals surface area contributed by atoms with E-state index in [0.29, 0.717) is 37.4 Å². The standard InChI is InChI=1S/C16H21N3O4/c1-12(2)11-18(14-6-9-23-10-7-14)15-4-3-13(5-8-20)17-16(15)19(21)22/h3-4,8,14H,1,5-7,9-11H2,2H3. The molecule has 7 nitrogen and oxygen atoms in total. The van der Waals surface area contributed by atoms with Gasteiger partial charge >= 0.3 is 5.82 Å². The minimum Gasteiger partial charge on any atom is -0.381 e. The Hall–Kier alpha value is -2.28. The molecule has 1 aliphatic rings. The van der Waals surface area contributed by atoms with Crippen LogP contribution in [0.2, 0.25) is 0 Å². The van der Waals surface area contributed by atoms with Gasteiger partial charge in [-0.05, 0) is 41.8 Å². The number of pyridine rings is 1. The molecule has 0 unspecified atom stereocenters. The summed E-state index contributed by atoms with van der Waals surface area (Å²) in [5, 5.41) is 11.4. The highest BCUT2D eigenvalue weighted by Crippen LogP contribution is 2.31. The van der Waals surface area contributed by atoms with Crippen LogP contribution in [0.15, 0.2) is 24.3 Å². The Bertz CT molecular complexity index is 597. The maximum atomic E-state index is 11.4. The molecule has 0 aromatic carbocycles. The van der Waals surface area contributed by atoms with Crippen LogP contribution in [-0.2, 0) is 16.0 Å². The molecule has 1 aromatic rings. The van der Waals surface area contributed by atoms with Crippen molar-refractivity contribution in [3.8, 4) is 0 Å². The van der Waals surface area contributed by atoms with E-state index in [0.717, 1.165) is 18.4 Å². The van der Waals surface area contributed by atoms with Gasteiger partial charge in [0, 0.05) is 25.8 Å². The summed E-state index contributed by atoms with van der Waals surface area (Å²) in [6.45, 7) is 7.63. The maximum Gasteiger partial charge on any atom is 0.387 e. The molecule has 0 bridgehead atoms. The normalized spacial score (nSPS) is 15.2. The van der Waals surface area contributed by atoms with Crippen LogP contribution in [0.4, 0.5) is 11.5 Å². The third kappa shape index (κ3) is 4.35. The van der Waals surface area contributed by atoms with Crippen molar-refractivity contribution < 1.29 is 14.5 Å². The van der Waals surface area contributed by atoms with Gasteiger partial charge in [0.15, 0.2) is 5.69 Å². The van der Waals surface area contributed by atoms with Crippen LogP contribution in [0.3, 0.4) is 0 Å². The molecule has 0 saturated carbocycles. The molecule has 2 rings (SSSR count). The van der Waals surface area contributed by atoms with E-state index < -0.39 is 4.92 Å². The van der Waals surface area contributed by atoms with Crippen molar-refractivity contribution in [1.82, 2.24) is 4.98 Å². The zero-order valence-electron chi connectivity index (χ0n) is 13.2. The molecule has 0 atom stereocenters. The van der Waals surface area contributed by atoms with Gasteiger partial charge in [0.2, 0.25) is 0 Å². The predicted molar refractivity (Wildman–Crippen MR) is 86.7 cm³/mol. The summed E-state index contributed by atoms with van der Waals surface area (Å²) < 4.78 is 5.38. The molecule has 124 valence electrons. The van der Waals surface area contributed by atoms with Gasteiger partial charge in [0.25, 0.3) is 0 Å². The third-order valence-electron chi connectivity index (χ3n) is 3.76. The Kier molecular flexibility index (Phi) is 5.81. The second-order valence-corrected chi connectivity index (χ2v) is 5.70. The first kappa shape index (κ1) is 17.1. The number of anilines is 1. The molecule has 0 radical (unpaired) electrons. The summed E-state index contributed by atoms with van der Waals surface area (Å²) >= 11 is 0. The molecule has 1 aromatic heterocycles. The Morgan fingerprint density at radius 2 is 2.22 bits per heavy atom. The molecule has 0 amide bonds. The summed E-state index contributed by atoms with van der Waals surface area (Å²) in [7, 11) is 0. The minimum absolute atomic E-state index is 0.0683. The van der Waals surface area contributed by atoms with Crippen LogP contribution < -0.4 is 4.90 Å². The van der Waals surface area contributed by atoms with Crippen molar-refractivity contribution in [2.75, 3.05) is 24.7 Å². The molecular formula is C16H21N3O4. The second kappa shape index (κ2) is 7.82. The van der Waals surface area contributed by atoms with Gasteiger partial charge in [0.1, 0.15) is 12.0 Å². The van der Waals surface area contributed by atoms with Crippen molar-refractivity contribution in [3.05, 3.63) is 40.1 Å². The molecule has 2 heterocycles. The van der Waals surface area contributed by atoms with Gasteiger partial charge in [-0.3, -0.25) is 0 Å². The molecule has 0 N–H and O–H groups in total. The largest absolute Gasteiger partial charge is 0.387 e. The average Bonchev–Trinajstić information content (AvgIpc) is 2.53. The summed E-state index contributed by atoms with van der Waals surface area (Å²) in [5.74, 6) is -0.211. The van der Waals surface area contributed by atoms with E-state index in [-0.39, 0.29) is 18.3 Å². The highest BCUT2D eigenvalue weighted by molar-refractivity contribution is 5.63. The number of ether oxygens (including phenoxy) is 1. The Balaban J connectivity index is 2.41. The van der Waals surface area contributed by atoms with Gasteiger partial charge in [-0.15, -0.1) is 0 Å².